The van der Waals surface area contributed by atoms with E-state index in [1.54, 1.807) is 12.1 Å². The molecule has 0 amide bonds. The fourth-order valence-electron chi connectivity index (χ4n) is 1.13. The SMILES string of the molecule is O=S(=O)(NCc1nn[nH]n1)c1cccc(Br)c1. The molecule has 0 aliphatic rings. The highest BCUT2D eigenvalue weighted by Crippen LogP contribution is 2.15. The molecule has 2 N–H and O–H groups in total. The van der Waals surface area contributed by atoms with Crippen LogP contribution in [0.5, 0.6) is 0 Å². The summed E-state index contributed by atoms with van der Waals surface area (Å²) in [5.74, 6) is 0.281. The minimum absolute atomic E-state index is 0.00858. The Kier molecular flexibility index (Phi) is 3.50. The minimum Gasteiger partial charge on any atom is -0.207 e. The van der Waals surface area contributed by atoms with Crippen molar-refractivity contribution in [3.63, 3.8) is 0 Å². The van der Waals surface area contributed by atoms with Gasteiger partial charge in [-0.25, -0.2) is 13.1 Å². The summed E-state index contributed by atoms with van der Waals surface area (Å²) in [7, 11) is -3.56. The first-order valence-corrected chi connectivity index (χ1v) is 6.83. The van der Waals surface area contributed by atoms with Crippen molar-refractivity contribution >= 4 is 26.0 Å². The zero-order valence-corrected chi connectivity index (χ0v) is 10.9. The maximum atomic E-state index is 11.9. The molecule has 0 saturated carbocycles. The lowest BCUT2D eigenvalue weighted by Gasteiger charge is -2.04. The van der Waals surface area contributed by atoms with E-state index in [0.29, 0.717) is 4.47 Å². The minimum atomic E-state index is -3.56. The van der Waals surface area contributed by atoms with Gasteiger partial charge in [-0.15, -0.1) is 10.2 Å². The predicted octanol–water partition coefficient (Wildman–Crippen LogP) is 0.441. The number of aromatic nitrogens is 4. The molecule has 2 rings (SSSR count). The van der Waals surface area contributed by atoms with Crippen LogP contribution in [-0.2, 0) is 16.6 Å². The van der Waals surface area contributed by atoms with Crippen molar-refractivity contribution in [1.82, 2.24) is 25.3 Å². The molecule has 0 aliphatic carbocycles. The summed E-state index contributed by atoms with van der Waals surface area (Å²) in [6.45, 7) is -0.00858. The molecule has 0 fully saturated rings. The number of aromatic amines is 1. The Morgan fingerprint density at radius 2 is 2.24 bits per heavy atom. The molecule has 0 bridgehead atoms. The second-order valence-corrected chi connectivity index (χ2v) is 5.79. The van der Waals surface area contributed by atoms with Crippen LogP contribution < -0.4 is 4.72 Å². The maximum absolute atomic E-state index is 11.9. The number of hydrogen-bond donors (Lipinski definition) is 2. The number of tetrazole rings is 1. The van der Waals surface area contributed by atoms with Crippen LogP contribution in [0.4, 0.5) is 0 Å². The molecular weight excluding hydrogens is 310 g/mol. The second-order valence-electron chi connectivity index (χ2n) is 3.11. The molecule has 0 unspecified atom stereocenters. The second kappa shape index (κ2) is 4.90. The van der Waals surface area contributed by atoms with E-state index in [4.69, 9.17) is 0 Å². The van der Waals surface area contributed by atoms with Crippen molar-refractivity contribution in [3.05, 3.63) is 34.6 Å². The summed E-state index contributed by atoms with van der Waals surface area (Å²) in [4.78, 5) is 0.176. The van der Waals surface area contributed by atoms with Gasteiger partial charge in [0.05, 0.1) is 11.4 Å². The summed E-state index contributed by atoms with van der Waals surface area (Å²) in [6, 6.07) is 6.41. The lowest BCUT2D eigenvalue weighted by molar-refractivity contribution is 0.579. The van der Waals surface area contributed by atoms with Gasteiger partial charge in [0.15, 0.2) is 5.82 Å². The summed E-state index contributed by atoms with van der Waals surface area (Å²) in [5.41, 5.74) is 0. The number of hydrogen-bond acceptors (Lipinski definition) is 5. The number of nitrogens with zero attached hydrogens (tertiary/aromatic N) is 3. The van der Waals surface area contributed by atoms with Gasteiger partial charge < -0.3 is 0 Å². The van der Waals surface area contributed by atoms with Gasteiger partial charge in [0.2, 0.25) is 10.0 Å². The van der Waals surface area contributed by atoms with Gasteiger partial charge in [-0.3, -0.25) is 0 Å². The molecule has 17 heavy (non-hydrogen) atoms. The normalized spacial score (nSPS) is 11.6. The van der Waals surface area contributed by atoms with E-state index < -0.39 is 10.0 Å². The first kappa shape index (κ1) is 12.1. The van der Waals surface area contributed by atoms with Gasteiger partial charge in [-0.2, -0.15) is 5.21 Å². The van der Waals surface area contributed by atoms with Crippen molar-refractivity contribution in [2.24, 2.45) is 0 Å². The van der Waals surface area contributed by atoms with Crippen molar-refractivity contribution in [1.29, 1.82) is 0 Å². The van der Waals surface area contributed by atoms with Gasteiger partial charge in [-0.1, -0.05) is 27.2 Å². The number of H-pyrrole nitrogens is 1. The number of rotatable bonds is 4. The number of sulfonamides is 1. The van der Waals surface area contributed by atoms with Gasteiger partial charge >= 0.3 is 0 Å². The summed E-state index contributed by atoms with van der Waals surface area (Å²) in [6.07, 6.45) is 0. The van der Waals surface area contributed by atoms with E-state index >= 15 is 0 Å². The Morgan fingerprint density at radius 3 is 2.88 bits per heavy atom. The highest BCUT2D eigenvalue weighted by atomic mass is 79.9. The molecule has 90 valence electrons. The zero-order valence-electron chi connectivity index (χ0n) is 8.46. The summed E-state index contributed by atoms with van der Waals surface area (Å²) < 4.78 is 26.8. The third-order valence-electron chi connectivity index (χ3n) is 1.92. The van der Waals surface area contributed by atoms with Crippen LogP contribution in [0.1, 0.15) is 5.82 Å². The molecular formula is C8H8BrN5O2S. The van der Waals surface area contributed by atoms with Gasteiger partial charge in [-0.05, 0) is 18.2 Å². The molecule has 7 nitrogen and oxygen atoms in total. The monoisotopic (exact) mass is 317 g/mol. The van der Waals surface area contributed by atoms with Crippen molar-refractivity contribution in [3.8, 4) is 0 Å². The lowest BCUT2D eigenvalue weighted by atomic mass is 10.4. The average molecular weight is 318 g/mol. The molecule has 0 aliphatic heterocycles. The Balaban J connectivity index is 2.14. The predicted molar refractivity (Wildman–Crippen MR) is 62.3 cm³/mol. The molecule has 2 aromatic rings. The van der Waals surface area contributed by atoms with Crippen molar-refractivity contribution < 1.29 is 8.42 Å². The first-order chi connectivity index (χ1) is 8.08. The molecule has 1 heterocycles. The van der Waals surface area contributed by atoms with Crippen LogP contribution in [-0.4, -0.2) is 29.0 Å². The average Bonchev–Trinajstić information content (AvgIpc) is 2.79. The Morgan fingerprint density at radius 1 is 1.41 bits per heavy atom. The molecule has 0 saturated heterocycles. The van der Waals surface area contributed by atoms with Gasteiger partial charge in [0, 0.05) is 4.47 Å². The largest absolute Gasteiger partial charge is 0.241 e. The molecule has 0 radical (unpaired) electrons. The Labute approximate surface area is 106 Å². The number of nitrogens with one attached hydrogen (secondary N) is 2. The quantitative estimate of drug-likeness (QED) is 0.852. The zero-order chi connectivity index (χ0) is 12.3. The Bertz CT molecular complexity index is 598. The van der Waals surface area contributed by atoms with Crippen LogP contribution in [0, 0.1) is 0 Å². The van der Waals surface area contributed by atoms with Gasteiger partial charge in [0.1, 0.15) is 0 Å². The number of halogens is 1. The molecule has 0 atom stereocenters. The molecule has 1 aromatic heterocycles. The van der Waals surface area contributed by atoms with Crippen LogP contribution in [0.2, 0.25) is 0 Å². The van der Waals surface area contributed by atoms with Crippen LogP contribution in [0.3, 0.4) is 0 Å². The fourth-order valence-corrected chi connectivity index (χ4v) is 2.71. The van der Waals surface area contributed by atoms with E-state index in [0.717, 1.165) is 0 Å². The maximum Gasteiger partial charge on any atom is 0.241 e. The number of benzene rings is 1. The van der Waals surface area contributed by atoms with E-state index in [1.807, 2.05) is 0 Å². The van der Waals surface area contributed by atoms with Gasteiger partial charge in [0.25, 0.3) is 0 Å². The van der Waals surface area contributed by atoms with E-state index in [1.165, 1.54) is 12.1 Å². The molecule has 0 spiro atoms. The van der Waals surface area contributed by atoms with E-state index in [9.17, 15) is 8.42 Å². The molecule has 9 heteroatoms. The van der Waals surface area contributed by atoms with Crippen LogP contribution in [0.15, 0.2) is 33.6 Å². The third-order valence-corrected chi connectivity index (χ3v) is 3.81. The van der Waals surface area contributed by atoms with Crippen LogP contribution in [0.25, 0.3) is 0 Å². The summed E-state index contributed by atoms with van der Waals surface area (Å²) in [5, 5.41) is 12.9. The van der Waals surface area contributed by atoms with Crippen molar-refractivity contribution in [2.75, 3.05) is 0 Å². The smallest absolute Gasteiger partial charge is 0.207 e. The van der Waals surface area contributed by atoms with Crippen LogP contribution >= 0.6 is 15.9 Å². The fraction of sp³-hybridized carbons (Fsp3) is 0.125. The van der Waals surface area contributed by atoms with E-state index in [-0.39, 0.29) is 17.3 Å². The van der Waals surface area contributed by atoms with E-state index in [2.05, 4.69) is 41.3 Å². The first-order valence-electron chi connectivity index (χ1n) is 4.55. The topological polar surface area (TPSA) is 101 Å². The third kappa shape index (κ3) is 3.08. The standard InChI is InChI=1S/C8H8BrN5O2S/c9-6-2-1-3-7(4-6)17(15,16)10-5-8-11-13-14-12-8/h1-4,10H,5H2,(H,11,12,13,14). The lowest BCUT2D eigenvalue weighted by Crippen LogP contribution is -2.23. The van der Waals surface area contributed by atoms with Crippen molar-refractivity contribution in [2.45, 2.75) is 11.4 Å². The molecule has 1 aromatic carbocycles. The summed E-state index contributed by atoms with van der Waals surface area (Å²) >= 11 is 3.21. The highest BCUT2D eigenvalue weighted by molar-refractivity contribution is 9.10. The highest BCUT2D eigenvalue weighted by Gasteiger charge is 2.14. The Hall–Kier alpha value is -1.32.